The summed E-state index contributed by atoms with van der Waals surface area (Å²) in [5.74, 6) is -0.759. The molecule has 0 aliphatic carbocycles. The SMILES string of the molecule is COC(=O)c1cc(C)sc1NC(=O)C(C)n1nc(C)c(Cl)c1C. The molecule has 23 heavy (non-hydrogen) atoms. The molecule has 1 N–H and O–H groups in total. The predicted molar refractivity (Wildman–Crippen MR) is 90.4 cm³/mol. The highest BCUT2D eigenvalue weighted by atomic mass is 35.5. The molecule has 0 aromatic carbocycles. The summed E-state index contributed by atoms with van der Waals surface area (Å²) in [5, 5.41) is 8.08. The zero-order chi connectivity index (χ0) is 17.3. The van der Waals surface area contributed by atoms with Gasteiger partial charge in [-0.1, -0.05) is 11.6 Å². The summed E-state index contributed by atoms with van der Waals surface area (Å²) in [6, 6.07) is 1.13. The molecule has 0 bridgehead atoms. The van der Waals surface area contributed by atoms with Crippen LogP contribution in [0.5, 0.6) is 0 Å². The topological polar surface area (TPSA) is 73.2 Å². The lowest BCUT2D eigenvalue weighted by molar-refractivity contribution is -0.119. The maximum atomic E-state index is 12.5. The molecule has 124 valence electrons. The number of hydrogen-bond donors (Lipinski definition) is 1. The Kier molecular flexibility index (Phi) is 5.11. The molecule has 0 spiro atoms. The second kappa shape index (κ2) is 6.72. The highest BCUT2D eigenvalue weighted by molar-refractivity contribution is 7.16. The van der Waals surface area contributed by atoms with Gasteiger partial charge >= 0.3 is 5.97 Å². The first-order valence-electron chi connectivity index (χ1n) is 6.97. The number of thiophene rings is 1. The first kappa shape index (κ1) is 17.5. The van der Waals surface area contributed by atoms with Crippen molar-refractivity contribution in [2.24, 2.45) is 0 Å². The molecule has 2 heterocycles. The lowest BCUT2D eigenvalue weighted by Gasteiger charge is -2.14. The summed E-state index contributed by atoms with van der Waals surface area (Å²) >= 11 is 7.45. The van der Waals surface area contributed by atoms with E-state index in [9.17, 15) is 9.59 Å². The van der Waals surface area contributed by atoms with Crippen LogP contribution in [0.25, 0.3) is 0 Å². The Balaban J connectivity index is 2.25. The van der Waals surface area contributed by atoms with E-state index in [2.05, 4.69) is 10.4 Å². The van der Waals surface area contributed by atoms with Gasteiger partial charge in [0, 0.05) is 4.88 Å². The maximum Gasteiger partial charge on any atom is 0.340 e. The summed E-state index contributed by atoms with van der Waals surface area (Å²) in [4.78, 5) is 25.2. The molecule has 1 unspecified atom stereocenters. The molecule has 0 aliphatic heterocycles. The third kappa shape index (κ3) is 3.40. The Bertz CT molecular complexity index is 766. The highest BCUT2D eigenvalue weighted by Crippen LogP contribution is 2.29. The van der Waals surface area contributed by atoms with Gasteiger partial charge in [-0.25, -0.2) is 4.79 Å². The number of rotatable bonds is 4. The van der Waals surface area contributed by atoms with Crippen LogP contribution in [0.3, 0.4) is 0 Å². The van der Waals surface area contributed by atoms with Crippen LogP contribution >= 0.6 is 22.9 Å². The summed E-state index contributed by atoms with van der Waals surface area (Å²) in [6.07, 6.45) is 0. The summed E-state index contributed by atoms with van der Waals surface area (Å²) < 4.78 is 6.31. The van der Waals surface area contributed by atoms with Crippen LogP contribution in [-0.4, -0.2) is 28.8 Å². The van der Waals surface area contributed by atoms with Crippen molar-refractivity contribution in [3.63, 3.8) is 0 Å². The van der Waals surface area contributed by atoms with E-state index < -0.39 is 12.0 Å². The van der Waals surface area contributed by atoms with Gasteiger partial charge < -0.3 is 10.1 Å². The smallest absolute Gasteiger partial charge is 0.340 e. The molecule has 0 aliphatic rings. The fourth-order valence-corrected chi connectivity index (χ4v) is 3.24. The quantitative estimate of drug-likeness (QED) is 0.852. The Morgan fingerprint density at radius 1 is 1.39 bits per heavy atom. The number of carbonyl (C=O) groups is 2. The fourth-order valence-electron chi connectivity index (χ4n) is 2.22. The zero-order valence-electron chi connectivity index (χ0n) is 13.6. The number of aromatic nitrogens is 2. The van der Waals surface area contributed by atoms with Crippen molar-refractivity contribution in [2.75, 3.05) is 12.4 Å². The van der Waals surface area contributed by atoms with Crippen LogP contribution in [-0.2, 0) is 9.53 Å². The molecule has 0 radical (unpaired) electrons. The largest absolute Gasteiger partial charge is 0.465 e. The van der Waals surface area contributed by atoms with Gasteiger partial charge in [0.2, 0.25) is 5.91 Å². The number of esters is 1. The molecule has 6 nitrogen and oxygen atoms in total. The van der Waals surface area contributed by atoms with E-state index >= 15 is 0 Å². The standard InChI is InChI=1S/C15H18ClN3O3S/c1-7-6-11(15(21)22-5)14(23-7)17-13(20)10(4)19-9(3)12(16)8(2)18-19/h6,10H,1-5H3,(H,17,20). The molecule has 0 fully saturated rings. The number of halogens is 1. The monoisotopic (exact) mass is 355 g/mol. The van der Waals surface area contributed by atoms with E-state index in [4.69, 9.17) is 16.3 Å². The van der Waals surface area contributed by atoms with Gasteiger partial charge in [0.05, 0.1) is 29.1 Å². The molecule has 8 heteroatoms. The number of aryl methyl sites for hydroxylation is 2. The van der Waals surface area contributed by atoms with Gasteiger partial charge in [0.1, 0.15) is 11.0 Å². The van der Waals surface area contributed by atoms with E-state index in [0.717, 1.165) is 10.6 Å². The van der Waals surface area contributed by atoms with Crippen LogP contribution in [0.15, 0.2) is 6.07 Å². The number of amides is 1. The van der Waals surface area contributed by atoms with E-state index in [1.54, 1.807) is 31.5 Å². The molecule has 1 atom stereocenters. The van der Waals surface area contributed by atoms with Crippen LogP contribution < -0.4 is 5.32 Å². The third-order valence-corrected chi connectivity index (χ3v) is 4.99. The molecule has 0 saturated heterocycles. The number of anilines is 1. The van der Waals surface area contributed by atoms with Crippen molar-refractivity contribution in [1.29, 1.82) is 0 Å². The lowest BCUT2D eigenvalue weighted by Crippen LogP contribution is -2.25. The number of nitrogens with one attached hydrogen (secondary N) is 1. The van der Waals surface area contributed by atoms with Crippen molar-refractivity contribution in [1.82, 2.24) is 9.78 Å². The zero-order valence-corrected chi connectivity index (χ0v) is 15.1. The second-order valence-electron chi connectivity index (χ2n) is 5.19. The third-order valence-electron chi connectivity index (χ3n) is 3.48. The van der Waals surface area contributed by atoms with Gasteiger partial charge in [-0.2, -0.15) is 5.10 Å². The highest BCUT2D eigenvalue weighted by Gasteiger charge is 2.23. The van der Waals surface area contributed by atoms with Crippen LogP contribution in [0, 0.1) is 20.8 Å². The number of ether oxygens (including phenoxy) is 1. The van der Waals surface area contributed by atoms with Crippen LogP contribution in [0.4, 0.5) is 5.00 Å². The average molecular weight is 356 g/mol. The van der Waals surface area contributed by atoms with E-state index in [1.807, 2.05) is 6.92 Å². The van der Waals surface area contributed by atoms with Crippen LogP contribution in [0.1, 0.15) is 39.6 Å². The normalized spacial score (nSPS) is 12.1. The number of methoxy groups -OCH3 is 1. The van der Waals surface area contributed by atoms with Gasteiger partial charge in [-0.05, 0) is 33.8 Å². The molecule has 2 rings (SSSR count). The van der Waals surface area contributed by atoms with Crippen molar-refractivity contribution < 1.29 is 14.3 Å². The van der Waals surface area contributed by atoms with Crippen molar-refractivity contribution >= 4 is 39.8 Å². The summed E-state index contributed by atoms with van der Waals surface area (Å²) in [7, 11) is 1.31. The van der Waals surface area contributed by atoms with E-state index in [-0.39, 0.29) is 5.91 Å². The van der Waals surface area contributed by atoms with Gasteiger partial charge in [-0.3, -0.25) is 9.48 Å². The average Bonchev–Trinajstić information content (AvgIpc) is 3.00. The molecule has 1 amide bonds. The van der Waals surface area contributed by atoms with E-state index in [1.165, 1.54) is 18.4 Å². The van der Waals surface area contributed by atoms with Gasteiger partial charge in [-0.15, -0.1) is 11.3 Å². The number of hydrogen-bond acceptors (Lipinski definition) is 5. The Morgan fingerprint density at radius 2 is 2.04 bits per heavy atom. The predicted octanol–water partition coefficient (Wildman–Crippen LogP) is 3.51. The van der Waals surface area contributed by atoms with Crippen LogP contribution in [0.2, 0.25) is 5.02 Å². The Labute approximate surface area is 143 Å². The van der Waals surface area contributed by atoms with Gasteiger partial charge in [0.15, 0.2) is 0 Å². The molecular formula is C15H18ClN3O3S. The minimum atomic E-state index is -0.561. The van der Waals surface area contributed by atoms with Crippen molar-refractivity contribution in [2.45, 2.75) is 33.7 Å². The second-order valence-corrected chi connectivity index (χ2v) is 6.82. The Hall–Kier alpha value is -1.86. The van der Waals surface area contributed by atoms with E-state index in [0.29, 0.717) is 21.3 Å². The molecule has 2 aromatic heterocycles. The maximum absolute atomic E-state index is 12.5. The number of carbonyl (C=O) groups excluding carboxylic acids is 2. The van der Waals surface area contributed by atoms with Gasteiger partial charge in [0.25, 0.3) is 0 Å². The minimum absolute atomic E-state index is 0.278. The molecular weight excluding hydrogens is 338 g/mol. The first-order chi connectivity index (χ1) is 10.8. The summed E-state index contributed by atoms with van der Waals surface area (Å²) in [5.41, 5.74) is 1.75. The first-order valence-corrected chi connectivity index (χ1v) is 8.16. The number of nitrogens with zero attached hydrogens (tertiary/aromatic N) is 2. The summed E-state index contributed by atoms with van der Waals surface area (Å²) in [6.45, 7) is 7.18. The minimum Gasteiger partial charge on any atom is -0.465 e. The van der Waals surface area contributed by atoms with Crippen molar-refractivity contribution in [3.8, 4) is 0 Å². The lowest BCUT2D eigenvalue weighted by atomic mass is 10.2. The molecule has 2 aromatic rings. The Morgan fingerprint density at radius 3 is 2.57 bits per heavy atom. The van der Waals surface area contributed by atoms with Crippen molar-refractivity contribution in [3.05, 3.63) is 32.9 Å². The molecule has 0 saturated carbocycles. The fraction of sp³-hybridized carbons (Fsp3) is 0.400.